The summed E-state index contributed by atoms with van der Waals surface area (Å²) in [6, 6.07) is 0.626. The SMILES string of the molecule is O=C1CCCC/C1=C\NC1CCCCC1. The van der Waals surface area contributed by atoms with Gasteiger partial charge in [-0.2, -0.15) is 0 Å². The summed E-state index contributed by atoms with van der Waals surface area (Å²) in [5.41, 5.74) is 1.03. The molecule has 2 heteroatoms. The quantitative estimate of drug-likeness (QED) is 0.705. The van der Waals surface area contributed by atoms with Crippen molar-refractivity contribution in [3.05, 3.63) is 11.8 Å². The van der Waals surface area contributed by atoms with Crippen LogP contribution in [0.25, 0.3) is 0 Å². The van der Waals surface area contributed by atoms with Crippen LogP contribution >= 0.6 is 0 Å². The average molecular weight is 207 g/mol. The number of allylic oxidation sites excluding steroid dienone is 1. The van der Waals surface area contributed by atoms with E-state index < -0.39 is 0 Å². The normalized spacial score (nSPS) is 26.9. The van der Waals surface area contributed by atoms with Gasteiger partial charge in [0.2, 0.25) is 0 Å². The average Bonchev–Trinajstić information content (AvgIpc) is 2.29. The van der Waals surface area contributed by atoms with Crippen molar-refractivity contribution in [3.8, 4) is 0 Å². The van der Waals surface area contributed by atoms with Crippen LogP contribution in [0.5, 0.6) is 0 Å². The highest BCUT2D eigenvalue weighted by molar-refractivity contribution is 5.95. The smallest absolute Gasteiger partial charge is 0.160 e. The van der Waals surface area contributed by atoms with Gasteiger partial charge in [0.05, 0.1) is 0 Å². The summed E-state index contributed by atoms with van der Waals surface area (Å²) in [5.74, 6) is 0.365. The molecule has 1 N–H and O–H groups in total. The molecule has 0 aromatic carbocycles. The number of carbonyl (C=O) groups is 1. The zero-order chi connectivity index (χ0) is 10.5. The van der Waals surface area contributed by atoms with Gasteiger partial charge >= 0.3 is 0 Å². The Balaban J connectivity index is 1.83. The molecule has 2 fully saturated rings. The molecule has 0 radical (unpaired) electrons. The lowest BCUT2D eigenvalue weighted by Gasteiger charge is -2.23. The van der Waals surface area contributed by atoms with E-state index in [-0.39, 0.29) is 0 Å². The highest BCUT2D eigenvalue weighted by Gasteiger charge is 2.16. The summed E-state index contributed by atoms with van der Waals surface area (Å²) in [5, 5.41) is 3.44. The van der Waals surface area contributed by atoms with Crippen molar-refractivity contribution in [2.45, 2.75) is 63.8 Å². The van der Waals surface area contributed by atoms with Crippen molar-refractivity contribution in [2.24, 2.45) is 0 Å². The Hall–Kier alpha value is -0.790. The van der Waals surface area contributed by atoms with Crippen LogP contribution < -0.4 is 5.32 Å². The van der Waals surface area contributed by atoms with Crippen molar-refractivity contribution < 1.29 is 4.79 Å². The summed E-state index contributed by atoms with van der Waals surface area (Å²) >= 11 is 0. The van der Waals surface area contributed by atoms with E-state index in [1.807, 2.05) is 6.20 Å². The lowest BCUT2D eigenvalue weighted by molar-refractivity contribution is -0.116. The topological polar surface area (TPSA) is 29.1 Å². The molecule has 0 aromatic rings. The lowest BCUT2D eigenvalue weighted by atomic mass is 9.93. The van der Waals surface area contributed by atoms with Crippen LogP contribution in [0.3, 0.4) is 0 Å². The van der Waals surface area contributed by atoms with Crippen molar-refractivity contribution in [3.63, 3.8) is 0 Å². The van der Waals surface area contributed by atoms with E-state index in [2.05, 4.69) is 5.32 Å². The first-order valence-corrected chi connectivity index (χ1v) is 6.34. The molecule has 0 aromatic heterocycles. The predicted octanol–water partition coefficient (Wildman–Crippen LogP) is 2.94. The van der Waals surface area contributed by atoms with E-state index in [4.69, 9.17) is 0 Å². The van der Waals surface area contributed by atoms with Gasteiger partial charge in [-0.05, 0) is 32.1 Å². The van der Waals surface area contributed by atoms with Gasteiger partial charge in [-0.1, -0.05) is 19.3 Å². The molecule has 2 aliphatic carbocycles. The van der Waals surface area contributed by atoms with Gasteiger partial charge in [0.15, 0.2) is 5.78 Å². The first-order valence-electron chi connectivity index (χ1n) is 6.34. The van der Waals surface area contributed by atoms with Crippen molar-refractivity contribution >= 4 is 5.78 Å². The first kappa shape index (κ1) is 10.7. The number of hydrogen-bond donors (Lipinski definition) is 1. The van der Waals surface area contributed by atoms with Gasteiger partial charge in [0, 0.05) is 24.2 Å². The fraction of sp³-hybridized carbons (Fsp3) is 0.769. The van der Waals surface area contributed by atoms with E-state index in [9.17, 15) is 4.79 Å². The molecule has 2 saturated carbocycles. The van der Waals surface area contributed by atoms with Gasteiger partial charge in [0.25, 0.3) is 0 Å². The van der Waals surface area contributed by atoms with Crippen LogP contribution in [0.2, 0.25) is 0 Å². The highest BCUT2D eigenvalue weighted by atomic mass is 16.1. The number of ketones is 1. The number of hydrogen-bond acceptors (Lipinski definition) is 2. The van der Waals surface area contributed by atoms with Gasteiger partial charge < -0.3 is 5.32 Å². The maximum absolute atomic E-state index is 11.6. The molecule has 0 spiro atoms. The molecule has 0 aliphatic heterocycles. The summed E-state index contributed by atoms with van der Waals surface area (Å²) < 4.78 is 0. The number of carbonyl (C=O) groups excluding carboxylic acids is 1. The molecule has 2 aliphatic rings. The maximum atomic E-state index is 11.6. The third kappa shape index (κ3) is 3.08. The van der Waals surface area contributed by atoms with Crippen LogP contribution in [0.1, 0.15) is 57.8 Å². The molecule has 0 amide bonds. The third-order valence-corrected chi connectivity index (χ3v) is 3.56. The number of Topliss-reactive ketones (excluding diaryl/α,β-unsaturated/α-hetero) is 1. The van der Waals surface area contributed by atoms with E-state index in [1.54, 1.807) is 0 Å². The fourth-order valence-electron chi connectivity index (χ4n) is 2.54. The molecular formula is C13H21NO. The molecule has 0 atom stereocenters. The molecule has 2 nitrogen and oxygen atoms in total. The maximum Gasteiger partial charge on any atom is 0.160 e. The minimum absolute atomic E-state index is 0.365. The molecule has 0 unspecified atom stereocenters. The van der Waals surface area contributed by atoms with Crippen LogP contribution in [0.15, 0.2) is 11.8 Å². The molecule has 15 heavy (non-hydrogen) atoms. The second-order valence-electron chi connectivity index (χ2n) is 4.80. The van der Waals surface area contributed by atoms with Gasteiger partial charge in [-0.15, -0.1) is 0 Å². The second-order valence-corrected chi connectivity index (χ2v) is 4.80. The Morgan fingerprint density at radius 3 is 2.47 bits per heavy atom. The molecule has 0 heterocycles. The van der Waals surface area contributed by atoms with E-state index >= 15 is 0 Å². The molecule has 0 bridgehead atoms. The zero-order valence-corrected chi connectivity index (χ0v) is 9.43. The van der Waals surface area contributed by atoms with Crippen molar-refractivity contribution in [1.82, 2.24) is 5.32 Å². The van der Waals surface area contributed by atoms with E-state index in [0.717, 1.165) is 24.8 Å². The fourth-order valence-corrected chi connectivity index (χ4v) is 2.54. The van der Waals surface area contributed by atoms with Crippen LogP contribution in [-0.2, 0) is 4.79 Å². The first-order chi connectivity index (χ1) is 7.36. The summed E-state index contributed by atoms with van der Waals surface area (Å²) in [6.07, 6.45) is 12.6. The van der Waals surface area contributed by atoms with Crippen molar-refractivity contribution in [1.29, 1.82) is 0 Å². The summed E-state index contributed by atoms with van der Waals surface area (Å²) in [4.78, 5) is 11.6. The Morgan fingerprint density at radius 2 is 1.73 bits per heavy atom. The monoisotopic (exact) mass is 207 g/mol. The molecule has 0 saturated heterocycles. The second kappa shape index (κ2) is 5.34. The highest BCUT2D eigenvalue weighted by Crippen LogP contribution is 2.21. The van der Waals surface area contributed by atoms with Gasteiger partial charge in [-0.3, -0.25) is 4.79 Å². The van der Waals surface area contributed by atoms with E-state index in [1.165, 1.54) is 38.5 Å². The third-order valence-electron chi connectivity index (χ3n) is 3.56. The minimum Gasteiger partial charge on any atom is -0.388 e. The number of rotatable bonds is 2. The Bertz CT molecular complexity index is 251. The molecular weight excluding hydrogens is 186 g/mol. The van der Waals surface area contributed by atoms with Crippen molar-refractivity contribution in [2.75, 3.05) is 0 Å². The Kier molecular flexibility index (Phi) is 3.81. The molecule has 2 rings (SSSR count). The standard InChI is InChI=1S/C13H21NO/c15-13-9-5-4-6-11(13)10-14-12-7-2-1-3-8-12/h10,12,14H,1-9H2/b11-10+. The predicted molar refractivity (Wildman–Crippen MR) is 61.6 cm³/mol. The Morgan fingerprint density at radius 1 is 1.00 bits per heavy atom. The largest absolute Gasteiger partial charge is 0.388 e. The van der Waals surface area contributed by atoms with E-state index in [0.29, 0.717) is 11.8 Å². The molecule has 84 valence electrons. The van der Waals surface area contributed by atoms with Crippen LogP contribution in [-0.4, -0.2) is 11.8 Å². The zero-order valence-electron chi connectivity index (χ0n) is 9.43. The van der Waals surface area contributed by atoms with Gasteiger partial charge in [-0.25, -0.2) is 0 Å². The lowest BCUT2D eigenvalue weighted by Crippen LogP contribution is -2.27. The summed E-state index contributed by atoms with van der Waals surface area (Å²) in [7, 11) is 0. The summed E-state index contributed by atoms with van der Waals surface area (Å²) in [6.45, 7) is 0. The Labute approximate surface area is 92.1 Å². The van der Waals surface area contributed by atoms with Crippen LogP contribution in [0, 0.1) is 0 Å². The minimum atomic E-state index is 0.365. The number of nitrogens with one attached hydrogen (secondary N) is 1. The van der Waals surface area contributed by atoms with Gasteiger partial charge in [0.1, 0.15) is 0 Å². The van der Waals surface area contributed by atoms with Crippen LogP contribution in [0.4, 0.5) is 0 Å².